The van der Waals surface area contributed by atoms with Crippen LogP contribution in [0.2, 0.25) is 0 Å². The number of urea groups is 1. The van der Waals surface area contributed by atoms with Crippen molar-refractivity contribution in [2.45, 2.75) is 44.6 Å². The minimum absolute atomic E-state index is 0.00431. The van der Waals surface area contributed by atoms with Crippen molar-refractivity contribution in [1.29, 1.82) is 0 Å². The van der Waals surface area contributed by atoms with Gasteiger partial charge in [-0.15, -0.1) is 0 Å². The lowest BCUT2D eigenvalue weighted by Gasteiger charge is -2.36. The lowest BCUT2D eigenvalue weighted by molar-refractivity contribution is -0.149. The smallest absolute Gasteiger partial charge is 0.317 e. The van der Waals surface area contributed by atoms with Gasteiger partial charge in [-0.3, -0.25) is 9.59 Å². The molecule has 0 aromatic rings. The predicted molar refractivity (Wildman–Crippen MR) is 87.2 cm³/mol. The number of carbonyl (C=O) groups is 3. The van der Waals surface area contributed by atoms with E-state index in [1.54, 1.807) is 0 Å². The molecule has 0 aromatic heterocycles. The Hall–Kier alpha value is -1.79. The normalized spacial score (nSPS) is 23.0. The van der Waals surface area contributed by atoms with E-state index in [0.29, 0.717) is 45.1 Å². The first kappa shape index (κ1) is 17.0. The number of likely N-dealkylation sites (tertiary alicyclic amines) is 2. The number of hydrogen-bond acceptors (Lipinski definition) is 4. The molecule has 0 aromatic carbocycles. The summed E-state index contributed by atoms with van der Waals surface area (Å²) in [5.74, 6) is -0.0608. The van der Waals surface area contributed by atoms with Gasteiger partial charge in [0, 0.05) is 38.1 Å². The third kappa shape index (κ3) is 3.99. The van der Waals surface area contributed by atoms with E-state index in [1.807, 2.05) is 9.80 Å². The van der Waals surface area contributed by atoms with Crippen molar-refractivity contribution >= 4 is 17.9 Å². The minimum atomic E-state index is -0.169. The highest BCUT2D eigenvalue weighted by Crippen LogP contribution is 2.25. The number of carbonyl (C=O) groups excluding carboxylic acids is 3. The number of piperidine rings is 2. The van der Waals surface area contributed by atoms with E-state index in [9.17, 15) is 14.4 Å². The zero-order valence-corrected chi connectivity index (χ0v) is 14.3. The third-order valence-electron chi connectivity index (χ3n) is 5.38. The Labute approximate surface area is 142 Å². The topological polar surface area (TPSA) is 79.0 Å². The molecule has 0 atom stereocenters. The van der Waals surface area contributed by atoms with Crippen molar-refractivity contribution in [3.63, 3.8) is 0 Å². The molecule has 0 bridgehead atoms. The highest BCUT2D eigenvalue weighted by Gasteiger charge is 2.34. The van der Waals surface area contributed by atoms with Gasteiger partial charge in [0.15, 0.2) is 0 Å². The van der Waals surface area contributed by atoms with Crippen molar-refractivity contribution < 1.29 is 19.1 Å². The molecule has 3 aliphatic rings. The molecule has 7 nitrogen and oxygen atoms in total. The highest BCUT2D eigenvalue weighted by atomic mass is 16.5. The number of nitrogens with zero attached hydrogens (tertiary/aromatic N) is 2. The van der Waals surface area contributed by atoms with Crippen LogP contribution >= 0.6 is 0 Å². The first-order valence-electron chi connectivity index (χ1n) is 9.00. The molecule has 2 aliphatic heterocycles. The van der Waals surface area contributed by atoms with E-state index in [4.69, 9.17) is 4.74 Å². The van der Waals surface area contributed by atoms with Crippen LogP contribution in [0.4, 0.5) is 4.79 Å². The maximum atomic E-state index is 12.7. The van der Waals surface area contributed by atoms with Gasteiger partial charge in [-0.25, -0.2) is 4.79 Å². The molecule has 24 heavy (non-hydrogen) atoms. The molecule has 2 saturated heterocycles. The van der Waals surface area contributed by atoms with Crippen LogP contribution in [0, 0.1) is 11.8 Å². The number of esters is 1. The van der Waals surface area contributed by atoms with E-state index in [1.165, 1.54) is 7.11 Å². The second-order valence-electron chi connectivity index (χ2n) is 7.11. The van der Waals surface area contributed by atoms with Crippen LogP contribution in [-0.2, 0) is 14.3 Å². The van der Waals surface area contributed by atoms with Crippen LogP contribution < -0.4 is 5.32 Å². The Morgan fingerprint density at radius 3 is 1.92 bits per heavy atom. The van der Waals surface area contributed by atoms with Crippen molar-refractivity contribution in [1.82, 2.24) is 15.1 Å². The number of methoxy groups -OCH3 is 1. The standard InChI is InChI=1S/C17H27N3O4/c1-24-16(22)13-6-8-19(9-7-13)15(21)12-4-10-20(11-5-12)17(23)18-14-2-3-14/h12-14H,2-11H2,1H3,(H,18,23). The van der Waals surface area contributed by atoms with Gasteiger partial charge in [-0.1, -0.05) is 0 Å². The molecule has 0 radical (unpaired) electrons. The lowest BCUT2D eigenvalue weighted by atomic mass is 9.92. The van der Waals surface area contributed by atoms with Gasteiger partial charge in [0.1, 0.15) is 0 Å². The number of rotatable bonds is 3. The summed E-state index contributed by atoms with van der Waals surface area (Å²) < 4.78 is 4.78. The summed E-state index contributed by atoms with van der Waals surface area (Å²) in [6, 6.07) is 0.384. The quantitative estimate of drug-likeness (QED) is 0.779. The summed E-state index contributed by atoms with van der Waals surface area (Å²) in [5.41, 5.74) is 0. The average Bonchev–Trinajstić information content (AvgIpc) is 3.44. The fraction of sp³-hybridized carbons (Fsp3) is 0.824. The fourth-order valence-corrected chi connectivity index (χ4v) is 3.58. The predicted octanol–water partition coefficient (Wildman–Crippen LogP) is 0.982. The molecule has 3 rings (SSSR count). The minimum Gasteiger partial charge on any atom is -0.469 e. The van der Waals surface area contributed by atoms with Crippen LogP contribution in [0.25, 0.3) is 0 Å². The summed E-state index contributed by atoms with van der Waals surface area (Å²) >= 11 is 0. The number of hydrogen-bond donors (Lipinski definition) is 1. The molecule has 7 heteroatoms. The summed E-state index contributed by atoms with van der Waals surface area (Å²) in [7, 11) is 1.41. The van der Waals surface area contributed by atoms with Crippen LogP contribution in [0.3, 0.4) is 0 Å². The monoisotopic (exact) mass is 337 g/mol. The number of nitrogens with one attached hydrogen (secondary N) is 1. The SMILES string of the molecule is COC(=O)C1CCN(C(=O)C2CCN(C(=O)NC3CC3)CC2)CC1. The molecule has 1 saturated carbocycles. The lowest BCUT2D eigenvalue weighted by Crippen LogP contribution is -2.49. The average molecular weight is 337 g/mol. The Morgan fingerprint density at radius 2 is 1.38 bits per heavy atom. The molecular formula is C17H27N3O4. The van der Waals surface area contributed by atoms with Crippen molar-refractivity contribution in [2.24, 2.45) is 11.8 Å². The van der Waals surface area contributed by atoms with Crippen LogP contribution in [-0.4, -0.2) is 67.0 Å². The van der Waals surface area contributed by atoms with Gasteiger partial charge in [-0.2, -0.15) is 0 Å². The summed E-state index contributed by atoms with van der Waals surface area (Å²) in [4.78, 5) is 39.9. The molecule has 0 unspecified atom stereocenters. The molecule has 0 spiro atoms. The van der Waals surface area contributed by atoms with Crippen molar-refractivity contribution in [2.75, 3.05) is 33.3 Å². The van der Waals surface area contributed by atoms with E-state index in [2.05, 4.69) is 5.32 Å². The zero-order chi connectivity index (χ0) is 17.1. The molecule has 3 fully saturated rings. The summed E-state index contributed by atoms with van der Waals surface area (Å²) in [5, 5.41) is 3.00. The maximum Gasteiger partial charge on any atom is 0.317 e. The first-order valence-corrected chi connectivity index (χ1v) is 9.00. The van der Waals surface area contributed by atoms with E-state index in [-0.39, 0.29) is 29.7 Å². The van der Waals surface area contributed by atoms with Crippen LogP contribution in [0.5, 0.6) is 0 Å². The second-order valence-corrected chi connectivity index (χ2v) is 7.11. The Bertz CT molecular complexity index is 490. The third-order valence-corrected chi connectivity index (χ3v) is 5.38. The largest absolute Gasteiger partial charge is 0.469 e. The molecule has 1 aliphatic carbocycles. The van der Waals surface area contributed by atoms with E-state index >= 15 is 0 Å². The zero-order valence-electron chi connectivity index (χ0n) is 14.3. The van der Waals surface area contributed by atoms with Gasteiger partial charge < -0.3 is 19.9 Å². The van der Waals surface area contributed by atoms with Gasteiger partial charge in [0.2, 0.25) is 5.91 Å². The van der Waals surface area contributed by atoms with E-state index in [0.717, 1.165) is 25.7 Å². The number of ether oxygens (including phenoxy) is 1. The van der Waals surface area contributed by atoms with Gasteiger partial charge >= 0.3 is 12.0 Å². The van der Waals surface area contributed by atoms with E-state index < -0.39 is 0 Å². The second kappa shape index (κ2) is 7.40. The van der Waals surface area contributed by atoms with Crippen LogP contribution in [0.1, 0.15) is 38.5 Å². The van der Waals surface area contributed by atoms with Crippen molar-refractivity contribution in [3.8, 4) is 0 Å². The Balaban J connectivity index is 1.42. The first-order chi connectivity index (χ1) is 11.6. The van der Waals surface area contributed by atoms with Gasteiger partial charge in [0.05, 0.1) is 13.0 Å². The summed E-state index contributed by atoms with van der Waals surface area (Å²) in [6.07, 6.45) is 4.99. The molecule has 2 heterocycles. The van der Waals surface area contributed by atoms with Crippen molar-refractivity contribution in [3.05, 3.63) is 0 Å². The molecule has 3 amide bonds. The highest BCUT2D eigenvalue weighted by molar-refractivity contribution is 5.80. The molecule has 1 N–H and O–H groups in total. The fourth-order valence-electron chi connectivity index (χ4n) is 3.58. The maximum absolute atomic E-state index is 12.7. The van der Waals surface area contributed by atoms with Gasteiger partial charge in [0.25, 0.3) is 0 Å². The molecule has 134 valence electrons. The number of amides is 3. The van der Waals surface area contributed by atoms with Gasteiger partial charge in [-0.05, 0) is 38.5 Å². The Kier molecular flexibility index (Phi) is 5.26. The Morgan fingerprint density at radius 1 is 0.833 bits per heavy atom. The van der Waals surface area contributed by atoms with Crippen LogP contribution in [0.15, 0.2) is 0 Å². The summed E-state index contributed by atoms with van der Waals surface area (Å²) in [6.45, 7) is 2.54. The molecular weight excluding hydrogens is 310 g/mol.